The minimum absolute atomic E-state index is 0.0557. The van der Waals surface area contributed by atoms with Gasteiger partial charge in [-0.3, -0.25) is 9.48 Å². The van der Waals surface area contributed by atoms with Crippen LogP contribution in [0.4, 0.5) is 0 Å². The lowest BCUT2D eigenvalue weighted by Crippen LogP contribution is -2.33. The first-order chi connectivity index (χ1) is 9.67. The summed E-state index contributed by atoms with van der Waals surface area (Å²) < 4.78 is 6.77. The van der Waals surface area contributed by atoms with Gasteiger partial charge in [0.25, 0.3) is 0 Å². The topological polar surface area (TPSA) is 47.4 Å². The molecule has 0 N–H and O–H groups in total. The van der Waals surface area contributed by atoms with Crippen molar-refractivity contribution < 1.29 is 9.53 Å². The van der Waals surface area contributed by atoms with E-state index in [0.717, 1.165) is 32.4 Å². The van der Waals surface area contributed by atoms with Crippen LogP contribution < -0.4 is 0 Å². The number of nitrogens with zero attached hydrogens (tertiary/aromatic N) is 3. The zero-order valence-electron chi connectivity index (χ0n) is 12.1. The molecule has 5 nitrogen and oxygen atoms in total. The highest BCUT2D eigenvalue weighted by molar-refractivity contribution is 5.73. The predicted octanol–water partition coefficient (Wildman–Crippen LogP) is 1.73. The Hall–Kier alpha value is -1.62. The molecule has 0 amide bonds. The molecule has 1 fully saturated rings. The van der Waals surface area contributed by atoms with Gasteiger partial charge < -0.3 is 9.64 Å². The molecule has 1 aromatic heterocycles. The van der Waals surface area contributed by atoms with Crippen molar-refractivity contribution in [3.63, 3.8) is 0 Å². The van der Waals surface area contributed by atoms with Crippen LogP contribution in [0.25, 0.3) is 5.57 Å². The molecule has 0 unspecified atom stereocenters. The number of hydrogen-bond donors (Lipinski definition) is 0. The van der Waals surface area contributed by atoms with E-state index in [1.54, 1.807) is 0 Å². The number of hydrogen-bond acceptors (Lipinski definition) is 4. The normalized spacial score (nSPS) is 26.8. The van der Waals surface area contributed by atoms with Crippen LogP contribution in [0, 0.1) is 5.92 Å². The molecular formula is C15H21N3O2. The van der Waals surface area contributed by atoms with E-state index < -0.39 is 0 Å². The molecule has 0 atom stereocenters. The summed E-state index contributed by atoms with van der Waals surface area (Å²) in [7, 11) is 3.59. The van der Waals surface area contributed by atoms with Crippen LogP contribution in [0.3, 0.4) is 0 Å². The minimum Gasteiger partial charge on any atom is -0.469 e. The number of aromatic nitrogens is 2. The van der Waals surface area contributed by atoms with E-state index >= 15 is 0 Å². The second kappa shape index (κ2) is 5.40. The lowest BCUT2D eigenvalue weighted by molar-refractivity contribution is -0.149. The number of rotatable bonds is 3. The molecule has 2 heterocycles. The van der Waals surface area contributed by atoms with Crippen molar-refractivity contribution in [3.05, 3.63) is 24.0 Å². The highest BCUT2D eigenvalue weighted by Crippen LogP contribution is 2.38. The standard InChI is InChI=1S/C15H21N3O2/c1-17-5-3-11(4-6-17)13-9-16-18(10-13)14-7-12(8-14)15(19)20-2/h3,9-10,12,14H,4-8H2,1-2H3. The first-order valence-corrected chi connectivity index (χ1v) is 7.17. The van der Waals surface area contributed by atoms with Gasteiger partial charge in [-0.05, 0) is 31.9 Å². The van der Waals surface area contributed by atoms with E-state index in [4.69, 9.17) is 4.74 Å². The van der Waals surface area contributed by atoms with Gasteiger partial charge in [0.15, 0.2) is 0 Å². The molecule has 3 rings (SSSR count). The summed E-state index contributed by atoms with van der Waals surface area (Å²) in [6, 6.07) is 0.347. The fraction of sp³-hybridized carbons (Fsp3) is 0.600. The fourth-order valence-corrected chi connectivity index (χ4v) is 2.90. The summed E-state index contributed by atoms with van der Waals surface area (Å²) in [6.07, 6.45) is 9.11. The van der Waals surface area contributed by atoms with Gasteiger partial charge in [0, 0.05) is 24.8 Å². The SMILES string of the molecule is COC(=O)C1CC(n2cc(C3=CCN(C)CC3)cn2)C1. The number of methoxy groups -OCH3 is 1. The van der Waals surface area contributed by atoms with E-state index in [-0.39, 0.29) is 11.9 Å². The summed E-state index contributed by atoms with van der Waals surface area (Å²) in [5.74, 6) is -0.0353. The van der Waals surface area contributed by atoms with E-state index in [1.165, 1.54) is 18.2 Å². The average molecular weight is 275 g/mol. The highest BCUT2D eigenvalue weighted by Gasteiger charge is 2.36. The van der Waals surface area contributed by atoms with Gasteiger partial charge in [-0.25, -0.2) is 0 Å². The largest absolute Gasteiger partial charge is 0.469 e. The zero-order valence-corrected chi connectivity index (χ0v) is 12.1. The van der Waals surface area contributed by atoms with Gasteiger partial charge in [-0.15, -0.1) is 0 Å². The summed E-state index contributed by atoms with van der Waals surface area (Å²) in [4.78, 5) is 13.7. The molecule has 0 aromatic carbocycles. The second-order valence-corrected chi connectivity index (χ2v) is 5.80. The quantitative estimate of drug-likeness (QED) is 0.788. The monoisotopic (exact) mass is 275 g/mol. The number of carbonyl (C=O) groups excluding carboxylic acids is 1. The Morgan fingerprint density at radius 1 is 1.45 bits per heavy atom. The molecule has 0 saturated heterocycles. The predicted molar refractivity (Wildman–Crippen MR) is 76.1 cm³/mol. The molecule has 1 saturated carbocycles. The third-order valence-electron chi connectivity index (χ3n) is 4.41. The maximum atomic E-state index is 11.4. The van der Waals surface area contributed by atoms with Gasteiger partial charge >= 0.3 is 5.97 Å². The molecule has 1 aliphatic carbocycles. The van der Waals surface area contributed by atoms with Crippen LogP contribution in [-0.2, 0) is 9.53 Å². The van der Waals surface area contributed by atoms with Crippen LogP contribution in [0.1, 0.15) is 30.9 Å². The Kier molecular flexibility index (Phi) is 3.61. The van der Waals surface area contributed by atoms with Crippen LogP contribution in [-0.4, -0.2) is 47.9 Å². The number of esters is 1. The third kappa shape index (κ3) is 2.50. The van der Waals surface area contributed by atoms with Crippen molar-refractivity contribution in [2.75, 3.05) is 27.2 Å². The maximum Gasteiger partial charge on any atom is 0.308 e. The van der Waals surface area contributed by atoms with E-state index in [0.29, 0.717) is 6.04 Å². The van der Waals surface area contributed by atoms with Crippen molar-refractivity contribution >= 4 is 11.5 Å². The molecule has 108 valence electrons. The maximum absolute atomic E-state index is 11.4. The zero-order chi connectivity index (χ0) is 14.1. The fourth-order valence-electron chi connectivity index (χ4n) is 2.90. The lowest BCUT2D eigenvalue weighted by Gasteiger charge is -2.33. The molecule has 1 aliphatic heterocycles. The van der Waals surface area contributed by atoms with Crippen molar-refractivity contribution in [3.8, 4) is 0 Å². The van der Waals surface area contributed by atoms with Crippen molar-refractivity contribution in [2.45, 2.75) is 25.3 Å². The highest BCUT2D eigenvalue weighted by atomic mass is 16.5. The Balaban J connectivity index is 1.63. The van der Waals surface area contributed by atoms with Gasteiger partial charge in [0.05, 0.1) is 25.3 Å². The van der Waals surface area contributed by atoms with Gasteiger partial charge in [0.1, 0.15) is 0 Å². The molecule has 0 bridgehead atoms. The van der Waals surface area contributed by atoms with Crippen LogP contribution >= 0.6 is 0 Å². The number of carbonyl (C=O) groups is 1. The molecule has 5 heteroatoms. The third-order valence-corrected chi connectivity index (χ3v) is 4.41. The summed E-state index contributed by atoms with van der Waals surface area (Å²) >= 11 is 0. The first-order valence-electron chi connectivity index (χ1n) is 7.17. The summed E-state index contributed by atoms with van der Waals surface area (Å²) in [5.41, 5.74) is 2.61. The number of ether oxygens (including phenoxy) is 1. The molecule has 20 heavy (non-hydrogen) atoms. The Morgan fingerprint density at radius 2 is 2.25 bits per heavy atom. The van der Waals surface area contributed by atoms with Crippen molar-refractivity contribution in [1.82, 2.24) is 14.7 Å². The summed E-state index contributed by atoms with van der Waals surface area (Å²) in [6.45, 7) is 2.11. The first kappa shape index (κ1) is 13.4. The average Bonchev–Trinajstić information content (AvgIpc) is 2.87. The van der Waals surface area contributed by atoms with Crippen LogP contribution in [0.5, 0.6) is 0 Å². The van der Waals surface area contributed by atoms with Crippen molar-refractivity contribution in [1.29, 1.82) is 0 Å². The summed E-state index contributed by atoms with van der Waals surface area (Å²) in [5, 5.41) is 4.46. The molecular weight excluding hydrogens is 254 g/mol. The molecule has 0 radical (unpaired) electrons. The van der Waals surface area contributed by atoms with Gasteiger partial charge in [-0.2, -0.15) is 5.10 Å². The molecule has 2 aliphatic rings. The van der Waals surface area contributed by atoms with Gasteiger partial charge in [-0.1, -0.05) is 6.08 Å². The molecule has 1 aromatic rings. The van der Waals surface area contributed by atoms with Gasteiger partial charge in [0.2, 0.25) is 0 Å². The smallest absolute Gasteiger partial charge is 0.308 e. The second-order valence-electron chi connectivity index (χ2n) is 5.80. The van der Waals surface area contributed by atoms with E-state index in [1.807, 2.05) is 10.9 Å². The van der Waals surface area contributed by atoms with Crippen molar-refractivity contribution in [2.24, 2.45) is 5.92 Å². The minimum atomic E-state index is -0.0911. The number of likely N-dealkylation sites (N-methyl/N-ethyl adjacent to an activating group) is 1. The Bertz CT molecular complexity index is 529. The van der Waals surface area contributed by atoms with E-state index in [2.05, 4.69) is 29.3 Å². The Labute approximate surface area is 119 Å². The van der Waals surface area contributed by atoms with E-state index in [9.17, 15) is 4.79 Å². The molecule has 0 spiro atoms. The van der Waals surface area contributed by atoms with Crippen LogP contribution in [0.15, 0.2) is 18.5 Å². The van der Waals surface area contributed by atoms with Crippen LogP contribution in [0.2, 0.25) is 0 Å². The Morgan fingerprint density at radius 3 is 2.90 bits per heavy atom. The lowest BCUT2D eigenvalue weighted by atomic mass is 9.80.